The van der Waals surface area contributed by atoms with E-state index in [2.05, 4.69) is 28.0 Å². The predicted molar refractivity (Wildman–Crippen MR) is 83.7 cm³/mol. The third kappa shape index (κ3) is 3.41. The average molecular weight is 338 g/mol. The van der Waals surface area contributed by atoms with Gasteiger partial charge in [-0.15, -0.1) is 0 Å². The first-order valence-corrected chi connectivity index (χ1v) is 7.47. The van der Waals surface area contributed by atoms with E-state index in [1.54, 1.807) is 4.68 Å². The second-order valence-electron chi connectivity index (χ2n) is 4.97. The smallest absolute Gasteiger partial charge is 0.142 e. The number of benzene rings is 1. The zero-order valence-electron chi connectivity index (χ0n) is 12.0. The molecule has 0 aliphatic rings. The molecule has 2 N–H and O–H groups in total. The lowest BCUT2D eigenvalue weighted by Crippen LogP contribution is -2.31. The van der Waals surface area contributed by atoms with Gasteiger partial charge in [-0.3, -0.25) is 4.68 Å². The van der Waals surface area contributed by atoms with Gasteiger partial charge in [0.25, 0.3) is 0 Å². The normalized spacial score (nSPS) is 14.1. The van der Waals surface area contributed by atoms with E-state index in [0.29, 0.717) is 0 Å². The zero-order chi connectivity index (χ0) is 14.7. The van der Waals surface area contributed by atoms with E-state index in [1.807, 2.05) is 44.6 Å². The van der Waals surface area contributed by atoms with Gasteiger partial charge in [-0.2, -0.15) is 5.10 Å². The Bertz CT molecular complexity index is 582. The molecule has 0 amide bonds. The standard InChI is InChI=1S/C15H20BrN3O/c1-4-13(17)15(11-8-18-19(3)9-11)20-14-6-5-12(16)7-10(14)2/h5-9,13,15H,4,17H2,1-3H3. The molecule has 0 spiro atoms. The lowest BCUT2D eigenvalue weighted by molar-refractivity contribution is 0.170. The Hall–Kier alpha value is -1.33. The highest BCUT2D eigenvalue weighted by Crippen LogP contribution is 2.29. The summed E-state index contributed by atoms with van der Waals surface area (Å²) < 4.78 is 8.96. The first-order valence-electron chi connectivity index (χ1n) is 6.68. The van der Waals surface area contributed by atoms with Crippen LogP contribution in [0.5, 0.6) is 5.75 Å². The lowest BCUT2D eigenvalue weighted by Gasteiger charge is -2.24. The molecule has 0 radical (unpaired) electrons. The molecule has 0 fully saturated rings. The second kappa shape index (κ2) is 6.41. The summed E-state index contributed by atoms with van der Waals surface area (Å²) in [6, 6.07) is 5.90. The average Bonchev–Trinajstić information content (AvgIpc) is 2.83. The molecule has 20 heavy (non-hydrogen) atoms. The molecule has 1 aromatic heterocycles. The highest BCUT2D eigenvalue weighted by molar-refractivity contribution is 9.10. The number of aryl methyl sites for hydroxylation is 2. The van der Waals surface area contributed by atoms with Crippen molar-refractivity contribution < 1.29 is 4.74 Å². The maximum Gasteiger partial charge on any atom is 0.142 e. The van der Waals surface area contributed by atoms with E-state index >= 15 is 0 Å². The van der Waals surface area contributed by atoms with Gasteiger partial charge in [-0.05, 0) is 37.1 Å². The quantitative estimate of drug-likeness (QED) is 0.910. The Balaban J connectivity index is 2.28. The summed E-state index contributed by atoms with van der Waals surface area (Å²) in [5, 5.41) is 4.21. The summed E-state index contributed by atoms with van der Waals surface area (Å²) in [4.78, 5) is 0. The van der Waals surface area contributed by atoms with E-state index < -0.39 is 0 Å². The van der Waals surface area contributed by atoms with Crippen LogP contribution in [0.25, 0.3) is 0 Å². The van der Waals surface area contributed by atoms with Crippen LogP contribution in [0.4, 0.5) is 0 Å². The molecule has 2 rings (SSSR count). The molecule has 1 aromatic carbocycles. The van der Waals surface area contributed by atoms with E-state index in [-0.39, 0.29) is 12.1 Å². The fraction of sp³-hybridized carbons (Fsp3) is 0.400. The summed E-state index contributed by atoms with van der Waals surface area (Å²) in [5.41, 5.74) is 8.30. The molecule has 0 saturated heterocycles. The van der Waals surface area contributed by atoms with Crippen LogP contribution in [-0.4, -0.2) is 15.8 Å². The van der Waals surface area contributed by atoms with Crippen LogP contribution >= 0.6 is 15.9 Å². The van der Waals surface area contributed by atoms with Crippen LogP contribution in [0.3, 0.4) is 0 Å². The maximum absolute atomic E-state index is 6.22. The molecule has 0 bridgehead atoms. The van der Waals surface area contributed by atoms with Crippen LogP contribution in [0, 0.1) is 6.92 Å². The van der Waals surface area contributed by atoms with Crippen LogP contribution < -0.4 is 10.5 Å². The number of aromatic nitrogens is 2. The fourth-order valence-corrected chi connectivity index (χ4v) is 2.56. The van der Waals surface area contributed by atoms with Crippen molar-refractivity contribution in [2.45, 2.75) is 32.4 Å². The first-order chi connectivity index (χ1) is 9.51. The number of nitrogens with two attached hydrogens (primary N) is 1. The molecule has 5 heteroatoms. The first kappa shape index (κ1) is 15.1. The Morgan fingerprint density at radius 1 is 1.45 bits per heavy atom. The van der Waals surface area contributed by atoms with Crippen molar-refractivity contribution in [2.75, 3.05) is 0 Å². The van der Waals surface area contributed by atoms with Crippen molar-refractivity contribution in [3.63, 3.8) is 0 Å². The van der Waals surface area contributed by atoms with E-state index in [1.165, 1.54) is 0 Å². The number of ether oxygens (including phenoxy) is 1. The zero-order valence-corrected chi connectivity index (χ0v) is 13.6. The van der Waals surface area contributed by atoms with E-state index in [4.69, 9.17) is 10.5 Å². The summed E-state index contributed by atoms with van der Waals surface area (Å²) in [7, 11) is 1.89. The van der Waals surface area contributed by atoms with Crippen LogP contribution in [0.2, 0.25) is 0 Å². The van der Waals surface area contributed by atoms with Crippen molar-refractivity contribution in [3.8, 4) is 5.75 Å². The minimum Gasteiger partial charge on any atom is -0.484 e. The number of hydrogen-bond donors (Lipinski definition) is 1. The van der Waals surface area contributed by atoms with Crippen LogP contribution in [-0.2, 0) is 7.05 Å². The third-order valence-electron chi connectivity index (χ3n) is 3.30. The fourth-order valence-electron chi connectivity index (χ4n) is 2.09. The van der Waals surface area contributed by atoms with Gasteiger partial charge in [0, 0.05) is 29.3 Å². The van der Waals surface area contributed by atoms with Crippen molar-refractivity contribution in [3.05, 3.63) is 46.2 Å². The van der Waals surface area contributed by atoms with Gasteiger partial charge in [-0.25, -0.2) is 0 Å². The Labute approximate surface area is 128 Å². The van der Waals surface area contributed by atoms with Gasteiger partial charge in [-0.1, -0.05) is 22.9 Å². The van der Waals surface area contributed by atoms with Crippen LogP contribution in [0.1, 0.15) is 30.6 Å². The molecular formula is C15H20BrN3O. The summed E-state index contributed by atoms with van der Waals surface area (Å²) in [6.45, 7) is 4.09. The van der Waals surface area contributed by atoms with E-state index in [0.717, 1.165) is 27.8 Å². The lowest BCUT2D eigenvalue weighted by atomic mass is 10.0. The van der Waals surface area contributed by atoms with Gasteiger partial charge in [0.15, 0.2) is 0 Å². The molecule has 2 aromatic rings. The predicted octanol–water partition coefficient (Wildman–Crippen LogP) is 3.35. The number of nitrogens with zero attached hydrogens (tertiary/aromatic N) is 2. The highest BCUT2D eigenvalue weighted by atomic mass is 79.9. The largest absolute Gasteiger partial charge is 0.484 e. The van der Waals surface area contributed by atoms with Crippen LogP contribution in [0.15, 0.2) is 35.1 Å². The van der Waals surface area contributed by atoms with Gasteiger partial charge in [0.05, 0.1) is 6.20 Å². The van der Waals surface area contributed by atoms with Crippen molar-refractivity contribution in [1.82, 2.24) is 9.78 Å². The summed E-state index contributed by atoms with van der Waals surface area (Å²) in [5.74, 6) is 0.853. The summed E-state index contributed by atoms with van der Waals surface area (Å²) >= 11 is 3.46. The second-order valence-corrected chi connectivity index (χ2v) is 5.88. The Kier molecular flexibility index (Phi) is 4.83. The molecule has 0 aliphatic carbocycles. The molecule has 0 aliphatic heterocycles. The molecule has 4 nitrogen and oxygen atoms in total. The van der Waals surface area contributed by atoms with Gasteiger partial charge < -0.3 is 10.5 Å². The molecule has 0 saturated carbocycles. The third-order valence-corrected chi connectivity index (χ3v) is 3.80. The monoisotopic (exact) mass is 337 g/mol. The maximum atomic E-state index is 6.22. The van der Waals surface area contributed by atoms with Gasteiger partial charge >= 0.3 is 0 Å². The van der Waals surface area contributed by atoms with Crippen molar-refractivity contribution >= 4 is 15.9 Å². The Morgan fingerprint density at radius 3 is 2.75 bits per heavy atom. The van der Waals surface area contributed by atoms with Gasteiger partial charge in [0.1, 0.15) is 11.9 Å². The highest BCUT2D eigenvalue weighted by Gasteiger charge is 2.22. The number of halogens is 1. The van der Waals surface area contributed by atoms with Gasteiger partial charge in [0.2, 0.25) is 0 Å². The minimum absolute atomic E-state index is 0.0674. The number of rotatable bonds is 5. The molecule has 108 valence electrons. The van der Waals surface area contributed by atoms with Crippen molar-refractivity contribution in [2.24, 2.45) is 12.8 Å². The minimum atomic E-state index is -0.187. The summed E-state index contributed by atoms with van der Waals surface area (Å²) in [6.07, 6.45) is 4.42. The Morgan fingerprint density at radius 2 is 2.20 bits per heavy atom. The molecule has 2 unspecified atom stereocenters. The SMILES string of the molecule is CCC(N)C(Oc1ccc(Br)cc1C)c1cnn(C)c1. The molecular weight excluding hydrogens is 318 g/mol. The molecule has 1 heterocycles. The van der Waals surface area contributed by atoms with Crippen molar-refractivity contribution in [1.29, 1.82) is 0 Å². The molecule has 2 atom stereocenters. The van der Waals surface area contributed by atoms with E-state index in [9.17, 15) is 0 Å². The topological polar surface area (TPSA) is 53.1 Å². The number of hydrogen-bond acceptors (Lipinski definition) is 3.